The Hall–Kier alpha value is -2.58. The normalized spacial score (nSPS) is 13.8. The molecule has 0 aliphatic heterocycles. The fourth-order valence-corrected chi connectivity index (χ4v) is 3.94. The molecule has 0 heterocycles. The fraction of sp³-hybridized carbons (Fsp3) is 0.542. The van der Waals surface area contributed by atoms with Crippen molar-refractivity contribution in [1.29, 1.82) is 0 Å². The molecule has 0 aliphatic rings. The molecular weight excluding hydrogens is 513 g/mol. The number of amides is 4. The first-order chi connectivity index (χ1) is 16.7. The van der Waals surface area contributed by atoms with E-state index < -0.39 is 42.7 Å². The lowest BCUT2D eigenvalue weighted by molar-refractivity contribution is -0.130. The number of benzene rings is 1. The summed E-state index contributed by atoms with van der Waals surface area (Å²) >= 11 is 6.13. The van der Waals surface area contributed by atoms with Gasteiger partial charge >= 0.3 is 0 Å². The molecule has 1 aromatic carbocycles. The molecule has 4 N–H and O–H groups in total. The van der Waals surface area contributed by atoms with Crippen LogP contribution < -0.4 is 21.3 Å². The van der Waals surface area contributed by atoms with E-state index in [4.69, 9.17) is 11.6 Å². The highest BCUT2D eigenvalue weighted by molar-refractivity contribution is 7.20. The summed E-state index contributed by atoms with van der Waals surface area (Å²) in [4.78, 5) is 47.8. The van der Waals surface area contributed by atoms with Crippen LogP contribution in [0.3, 0.4) is 0 Å². The number of rotatable bonds is 14. The largest absolute Gasteiger partial charge is 0.353 e. The predicted octanol–water partition coefficient (Wildman–Crippen LogP) is 3.67. The van der Waals surface area contributed by atoms with E-state index in [1.807, 2.05) is 26.1 Å². The maximum Gasteiger partial charge on any atom is 0.265 e. The van der Waals surface area contributed by atoms with Crippen LogP contribution in [-0.2, 0) is 14.4 Å². The number of hydrogen-bond acceptors (Lipinski definition) is 4. The van der Waals surface area contributed by atoms with Crippen LogP contribution in [0.25, 0.3) is 0 Å². The highest BCUT2D eigenvalue weighted by atomic mass is 35.5. The van der Waals surface area contributed by atoms with Gasteiger partial charge in [0.2, 0.25) is 18.2 Å². The van der Waals surface area contributed by atoms with Crippen LogP contribution in [0.2, 0.25) is 5.02 Å². The summed E-state index contributed by atoms with van der Waals surface area (Å²) < 4.78 is 29.1. The zero-order valence-electron chi connectivity index (χ0n) is 21.0. The van der Waals surface area contributed by atoms with Gasteiger partial charge in [-0.3, -0.25) is 19.2 Å². The van der Waals surface area contributed by atoms with Gasteiger partial charge in [0.1, 0.15) is 0 Å². The number of nitrogens with one attached hydrogen (secondary N) is 4. The molecule has 4 amide bonds. The second-order valence-corrected chi connectivity index (χ2v) is 10.4. The summed E-state index contributed by atoms with van der Waals surface area (Å²) in [5.41, 5.74) is 0.436. The quantitative estimate of drug-likeness (QED) is 0.210. The van der Waals surface area contributed by atoms with Gasteiger partial charge in [0, 0.05) is 31.0 Å². The summed E-state index contributed by atoms with van der Waals surface area (Å²) in [7, 11) is 3.43. The standard InChI is InChI=1S/C24H34ClF2N4O4P/c1-13(2)21(8-14(3)36)31-23(35)18(10-24(26,27)11-28-12-32)15(4)29-22(34)17-6-7-20(19(25)9-17)30-16(5)33/h6-7,9,12-13,15,18,21,36H,8,10-11H2,1-5H3,(H,28,32)(H,29,34)(H,30,33)(H,31,35). The molecule has 200 valence electrons. The van der Waals surface area contributed by atoms with Gasteiger partial charge in [0.15, 0.2) is 0 Å². The van der Waals surface area contributed by atoms with E-state index in [-0.39, 0.29) is 34.9 Å². The van der Waals surface area contributed by atoms with E-state index in [2.05, 4.69) is 24.8 Å². The van der Waals surface area contributed by atoms with Crippen LogP contribution in [0.4, 0.5) is 14.5 Å². The smallest absolute Gasteiger partial charge is 0.265 e. The van der Waals surface area contributed by atoms with Crippen LogP contribution in [0.15, 0.2) is 18.2 Å². The molecular formula is C24H34ClF2N4O4P. The van der Waals surface area contributed by atoms with Gasteiger partial charge in [-0.25, -0.2) is 8.78 Å². The van der Waals surface area contributed by atoms with Gasteiger partial charge in [-0.15, -0.1) is 8.86 Å². The molecule has 0 saturated carbocycles. The average molecular weight is 547 g/mol. The molecule has 0 saturated heterocycles. The van der Waals surface area contributed by atoms with Gasteiger partial charge in [-0.05, 0) is 44.4 Å². The van der Waals surface area contributed by atoms with E-state index in [1.165, 1.54) is 32.0 Å². The van der Waals surface area contributed by atoms with Crippen LogP contribution in [0.5, 0.6) is 0 Å². The first-order valence-electron chi connectivity index (χ1n) is 11.4. The molecule has 0 spiro atoms. The molecule has 1 aromatic rings. The third-order valence-electron chi connectivity index (χ3n) is 5.46. The Morgan fingerprint density at radius 1 is 1.14 bits per heavy atom. The predicted molar refractivity (Wildman–Crippen MR) is 140 cm³/mol. The number of alkyl halides is 2. The van der Waals surface area contributed by atoms with Crippen LogP contribution >= 0.6 is 20.5 Å². The summed E-state index contributed by atoms with van der Waals surface area (Å²) in [5, 5.41) is 10.9. The van der Waals surface area contributed by atoms with Crippen molar-refractivity contribution in [3.8, 4) is 0 Å². The average Bonchev–Trinajstić information content (AvgIpc) is 2.76. The molecule has 0 bridgehead atoms. The zero-order valence-corrected chi connectivity index (χ0v) is 22.8. The second kappa shape index (κ2) is 14.2. The molecule has 3 atom stereocenters. The maximum absolute atomic E-state index is 14.6. The number of hydrogen-bond donors (Lipinski definition) is 4. The first-order valence-corrected chi connectivity index (χ1v) is 12.3. The Labute approximate surface area is 217 Å². The number of carbonyl (C=O) groups is 4. The van der Waals surface area contributed by atoms with Gasteiger partial charge in [0.25, 0.3) is 11.8 Å². The van der Waals surface area contributed by atoms with Crippen LogP contribution in [0, 0.1) is 11.8 Å². The van der Waals surface area contributed by atoms with Crippen molar-refractivity contribution in [2.45, 2.75) is 65.5 Å². The van der Waals surface area contributed by atoms with Crippen molar-refractivity contribution >= 4 is 55.6 Å². The first kappa shape index (κ1) is 31.4. The van der Waals surface area contributed by atoms with Crippen molar-refractivity contribution in [2.75, 3.05) is 11.9 Å². The summed E-state index contributed by atoms with van der Waals surface area (Å²) in [5.74, 6) is -6.28. The Bertz CT molecular complexity index is 977. The van der Waals surface area contributed by atoms with Crippen molar-refractivity contribution in [3.05, 3.63) is 28.8 Å². The van der Waals surface area contributed by atoms with Gasteiger partial charge < -0.3 is 21.3 Å². The lowest BCUT2D eigenvalue weighted by Crippen LogP contribution is -2.51. The zero-order chi connectivity index (χ0) is 27.6. The van der Waals surface area contributed by atoms with E-state index in [0.717, 1.165) is 5.29 Å². The molecule has 3 unspecified atom stereocenters. The minimum Gasteiger partial charge on any atom is -0.353 e. The molecule has 8 nitrogen and oxygen atoms in total. The highest BCUT2D eigenvalue weighted by Crippen LogP contribution is 2.27. The van der Waals surface area contributed by atoms with Gasteiger partial charge in [-0.2, -0.15) is 0 Å². The SMILES string of the molecule is CC(=O)Nc1ccc(C(=O)NC(C)C(CC(F)(F)CNC=O)C(=O)NC(CC(C)=P)C(C)C)cc1Cl. The van der Waals surface area contributed by atoms with Crippen molar-refractivity contribution in [1.82, 2.24) is 16.0 Å². The Morgan fingerprint density at radius 3 is 2.28 bits per heavy atom. The van der Waals surface area contributed by atoms with Crippen molar-refractivity contribution < 1.29 is 28.0 Å². The summed E-state index contributed by atoms with van der Waals surface area (Å²) in [6.07, 6.45) is -0.244. The van der Waals surface area contributed by atoms with Gasteiger partial charge in [0.05, 0.1) is 23.2 Å². The van der Waals surface area contributed by atoms with Crippen molar-refractivity contribution in [2.24, 2.45) is 11.8 Å². The topological polar surface area (TPSA) is 116 Å². The van der Waals surface area contributed by atoms with Crippen LogP contribution in [0.1, 0.15) is 57.8 Å². The molecule has 1 rings (SSSR count). The van der Waals surface area contributed by atoms with E-state index in [9.17, 15) is 28.0 Å². The number of halogens is 3. The third kappa shape index (κ3) is 10.6. The summed E-state index contributed by atoms with van der Waals surface area (Å²) in [6.45, 7) is 7.47. The van der Waals surface area contributed by atoms with E-state index in [0.29, 0.717) is 12.1 Å². The molecule has 12 heteroatoms. The van der Waals surface area contributed by atoms with Crippen LogP contribution in [-0.4, -0.2) is 54.0 Å². The maximum atomic E-state index is 14.6. The fourth-order valence-electron chi connectivity index (χ4n) is 3.49. The minimum atomic E-state index is -3.39. The third-order valence-corrected chi connectivity index (χ3v) is 5.98. The van der Waals surface area contributed by atoms with Gasteiger partial charge in [-0.1, -0.05) is 30.7 Å². The molecule has 0 aliphatic carbocycles. The number of carbonyl (C=O) groups excluding carboxylic acids is 4. The van der Waals surface area contributed by atoms with Crippen molar-refractivity contribution in [3.63, 3.8) is 0 Å². The Kier molecular flexibility index (Phi) is 12.4. The Morgan fingerprint density at radius 2 is 1.78 bits per heavy atom. The molecule has 0 radical (unpaired) electrons. The summed E-state index contributed by atoms with van der Waals surface area (Å²) in [6, 6.07) is 2.88. The Balaban J connectivity index is 3.14. The monoisotopic (exact) mass is 546 g/mol. The molecule has 36 heavy (non-hydrogen) atoms. The minimum absolute atomic E-state index is 0.0207. The number of anilines is 1. The van der Waals surface area contributed by atoms with E-state index >= 15 is 0 Å². The molecule has 0 fully saturated rings. The second-order valence-electron chi connectivity index (χ2n) is 9.15. The lowest BCUT2D eigenvalue weighted by Gasteiger charge is -2.31. The molecule has 0 aromatic heterocycles. The van der Waals surface area contributed by atoms with E-state index in [1.54, 1.807) is 0 Å². The highest BCUT2D eigenvalue weighted by Gasteiger charge is 2.39. The lowest BCUT2D eigenvalue weighted by atomic mass is 9.90.